The number of halogens is 1. The van der Waals surface area contributed by atoms with Gasteiger partial charge in [-0.25, -0.2) is 4.98 Å². The zero-order valence-corrected chi connectivity index (χ0v) is 11.6. The maximum atomic E-state index is 10.3. The van der Waals surface area contributed by atoms with Gasteiger partial charge in [-0.2, -0.15) is 0 Å². The zero-order valence-electron chi connectivity index (χ0n) is 10.0. The van der Waals surface area contributed by atoms with E-state index in [9.17, 15) is 5.11 Å². The van der Waals surface area contributed by atoms with Gasteiger partial charge in [-0.1, -0.05) is 17.7 Å². The number of nitrogens with zero attached hydrogens (tertiary/aromatic N) is 1. The molecular formula is C13H12ClNO3S. The number of aliphatic hydroxyl groups is 1. The number of aliphatic hydroxyl groups excluding tert-OH is 1. The van der Waals surface area contributed by atoms with Gasteiger partial charge in [0.15, 0.2) is 11.5 Å². The largest absolute Gasteiger partial charge is 0.490 e. The fourth-order valence-electron chi connectivity index (χ4n) is 1.89. The molecule has 1 aliphatic rings. The van der Waals surface area contributed by atoms with Gasteiger partial charge in [0.2, 0.25) is 0 Å². The van der Waals surface area contributed by atoms with Crippen LogP contribution in [0.5, 0.6) is 11.5 Å². The van der Waals surface area contributed by atoms with Gasteiger partial charge in [-0.3, -0.25) is 0 Å². The Hall–Kier alpha value is -1.30. The molecule has 0 aliphatic carbocycles. The SMILES string of the molecule is OC(c1ccc2c(c1)OCCCO2)c1ncc(Cl)s1. The molecule has 0 fully saturated rings. The molecule has 1 unspecified atom stereocenters. The molecule has 0 amide bonds. The maximum absolute atomic E-state index is 10.3. The summed E-state index contributed by atoms with van der Waals surface area (Å²) in [5.41, 5.74) is 0.718. The highest BCUT2D eigenvalue weighted by molar-refractivity contribution is 7.15. The number of hydrogen-bond acceptors (Lipinski definition) is 5. The number of ether oxygens (including phenoxy) is 2. The standard InChI is InChI=1S/C13H12ClNO3S/c14-11-7-15-13(19-11)12(16)8-2-3-9-10(6-8)18-5-1-4-17-9/h2-3,6-7,12,16H,1,4-5H2. The number of thiazole rings is 1. The second-order valence-corrected chi connectivity index (χ2v) is 5.86. The number of benzene rings is 1. The van der Waals surface area contributed by atoms with E-state index >= 15 is 0 Å². The fourth-order valence-corrected chi connectivity index (χ4v) is 2.83. The minimum atomic E-state index is -0.797. The highest BCUT2D eigenvalue weighted by Gasteiger charge is 2.18. The van der Waals surface area contributed by atoms with Crippen molar-refractivity contribution in [2.24, 2.45) is 0 Å². The molecule has 1 aromatic heterocycles. The van der Waals surface area contributed by atoms with E-state index in [0.29, 0.717) is 34.1 Å². The molecule has 0 saturated heterocycles. The molecule has 4 nitrogen and oxygen atoms in total. The van der Waals surface area contributed by atoms with Crippen molar-refractivity contribution in [3.8, 4) is 11.5 Å². The van der Waals surface area contributed by atoms with Gasteiger partial charge in [-0.15, -0.1) is 11.3 Å². The smallest absolute Gasteiger partial charge is 0.161 e. The van der Waals surface area contributed by atoms with E-state index in [4.69, 9.17) is 21.1 Å². The second kappa shape index (κ2) is 5.36. The van der Waals surface area contributed by atoms with Gasteiger partial charge < -0.3 is 14.6 Å². The van der Waals surface area contributed by atoms with Gasteiger partial charge >= 0.3 is 0 Å². The van der Waals surface area contributed by atoms with Crippen LogP contribution in [-0.4, -0.2) is 23.3 Å². The Morgan fingerprint density at radius 2 is 2.05 bits per heavy atom. The first-order valence-corrected chi connectivity index (χ1v) is 7.12. The van der Waals surface area contributed by atoms with Crippen LogP contribution in [0.2, 0.25) is 4.34 Å². The molecule has 0 spiro atoms. The average molecular weight is 298 g/mol. The lowest BCUT2D eigenvalue weighted by Crippen LogP contribution is -2.00. The topological polar surface area (TPSA) is 51.6 Å². The number of fused-ring (bicyclic) bond motifs is 1. The highest BCUT2D eigenvalue weighted by Crippen LogP contribution is 2.35. The third kappa shape index (κ3) is 2.68. The zero-order chi connectivity index (χ0) is 13.2. The summed E-state index contributed by atoms with van der Waals surface area (Å²) in [6, 6.07) is 5.42. The lowest BCUT2D eigenvalue weighted by atomic mass is 10.1. The molecule has 0 radical (unpaired) electrons. The van der Waals surface area contributed by atoms with Crippen molar-refractivity contribution in [1.29, 1.82) is 0 Å². The van der Waals surface area contributed by atoms with Gasteiger partial charge in [0.05, 0.1) is 19.4 Å². The predicted molar refractivity (Wildman–Crippen MR) is 73.2 cm³/mol. The molecule has 0 saturated carbocycles. The monoisotopic (exact) mass is 297 g/mol. The first kappa shape index (κ1) is 12.7. The lowest BCUT2D eigenvalue weighted by Gasteiger charge is -2.12. The molecule has 0 bridgehead atoms. The highest BCUT2D eigenvalue weighted by atomic mass is 35.5. The van der Waals surface area contributed by atoms with Crippen molar-refractivity contribution in [2.75, 3.05) is 13.2 Å². The Balaban J connectivity index is 1.91. The van der Waals surface area contributed by atoms with Crippen LogP contribution in [0.15, 0.2) is 24.4 Å². The van der Waals surface area contributed by atoms with E-state index < -0.39 is 6.10 Å². The predicted octanol–water partition coefficient (Wildman–Crippen LogP) is 3.04. The van der Waals surface area contributed by atoms with E-state index in [1.807, 2.05) is 12.1 Å². The van der Waals surface area contributed by atoms with Gasteiger partial charge in [-0.05, 0) is 17.7 Å². The number of hydrogen-bond donors (Lipinski definition) is 1. The van der Waals surface area contributed by atoms with Crippen molar-refractivity contribution in [1.82, 2.24) is 4.98 Å². The van der Waals surface area contributed by atoms with E-state index in [0.717, 1.165) is 12.0 Å². The molecule has 1 aliphatic heterocycles. The molecule has 3 rings (SSSR count). The van der Waals surface area contributed by atoms with Crippen LogP contribution in [0.3, 0.4) is 0 Å². The second-order valence-electron chi connectivity index (χ2n) is 4.16. The third-order valence-electron chi connectivity index (χ3n) is 2.82. The Bertz CT molecular complexity index is 587. The molecule has 1 atom stereocenters. The molecule has 100 valence electrons. The summed E-state index contributed by atoms with van der Waals surface area (Å²) in [6.07, 6.45) is 1.59. The molecule has 6 heteroatoms. The van der Waals surface area contributed by atoms with Crippen LogP contribution >= 0.6 is 22.9 Å². The summed E-state index contributed by atoms with van der Waals surface area (Å²) in [6.45, 7) is 1.27. The summed E-state index contributed by atoms with van der Waals surface area (Å²) in [5, 5.41) is 10.8. The van der Waals surface area contributed by atoms with Crippen molar-refractivity contribution in [3.05, 3.63) is 39.3 Å². The molecule has 2 heterocycles. The minimum absolute atomic E-state index is 0.559. The van der Waals surface area contributed by atoms with Gasteiger partial charge in [0.1, 0.15) is 15.4 Å². The summed E-state index contributed by atoms with van der Waals surface area (Å²) < 4.78 is 11.7. The molecule has 2 aromatic rings. The summed E-state index contributed by atoms with van der Waals surface area (Å²) in [5.74, 6) is 1.38. The number of aromatic nitrogens is 1. The first-order chi connectivity index (χ1) is 9.24. The minimum Gasteiger partial charge on any atom is -0.490 e. The Morgan fingerprint density at radius 1 is 1.26 bits per heavy atom. The molecule has 1 aromatic carbocycles. The summed E-state index contributed by atoms with van der Waals surface area (Å²) in [4.78, 5) is 4.09. The fraction of sp³-hybridized carbons (Fsp3) is 0.308. The summed E-state index contributed by atoms with van der Waals surface area (Å²) >= 11 is 7.09. The first-order valence-electron chi connectivity index (χ1n) is 5.93. The quantitative estimate of drug-likeness (QED) is 0.925. The maximum Gasteiger partial charge on any atom is 0.161 e. The van der Waals surface area contributed by atoms with Crippen molar-refractivity contribution < 1.29 is 14.6 Å². The third-order valence-corrected chi connectivity index (χ3v) is 3.98. The van der Waals surface area contributed by atoms with E-state index in [1.54, 1.807) is 6.07 Å². The van der Waals surface area contributed by atoms with E-state index in [-0.39, 0.29) is 0 Å². The molecular weight excluding hydrogens is 286 g/mol. The van der Waals surface area contributed by atoms with Crippen LogP contribution in [0, 0.1) is 0 Å². The van der Waals surface area contributed by atoms with Crippen LogP contribution in [-0.2, 0) is 0 Å². The van der Waals surface area contributed by atoms with Gasteiger partial charge in [0, 0.05) is 6.42 Å². The van der Waals surface area contributed by atoms with Crippen LogP contribution in [0.4, 0.5) is 0 Å². The lowest BCUT2D eigenvalue weighted by molar-refractivity contribution is 0.219. The average Bonchev–Trinajstić information content (AvgIpc) is 2.72. The van der Waals surface area contributed by atoms with Crippen LogP contribution < -0.4 is 9.47 Å². The molecule has 19 heavy (non-hydrogen) atoms. The van der Waals surface area contributed by atoms with E-state index in [1.165, 1.54) is 17.5 Å². The Labute approximate surface area is 119 Å². The van der Waals surface area contributed by atoms with Crippen molar-refractivity contribution in [3.63, 3.8) is 0 Å². The van der Waals surface area contributed by atoms with Gasteiger partial charge in [0.25, 0.3) is 0 Å². The van der Waals surface area contributed by atoms with Crippen LogP contribution in [0.1, 0.15) is 23.1 Å². The normalized spacial score (nSPS) is 15.9. The van der Waals surface area contributed by atoms with E-state index in [2.05, 4.69) is 4.98 Å². The van der Waals surface area contributed by atoms with Crippen LogP contribution in [0.25, 0.3) is 0 Å². The number of rotatable bonds is 2. The van der Waals surface area contributed by atoms with Crippen molar-refractivity contribution in [2.45, 2.75) is 12.5 Å². The Kier molecular flexibility index (Phi) is 3.59. The Morgan fingerprint density at radius 3 is 2.79 bits per heavy atom. The van der Waals surface area contributed by atoms with Crippen molar-refractivity contribution >= 4 is 22.9 Å². The summed E-state index contributed by atoms with van der Waals surface area (Å²) in [7, 11) is 0. The molecule has 1 N–H and O–H groups in total.